The monoisotopic (exact) mass is 546 g/mol. The maximum Gasteiger partial charge on any atom is 0.414 e. The molecule has 4 N–H and O–H groups in total. The summed E-state index contributed by atoms with van der Waals surface area (Å²) in [5.41, 5.74) is 7.88. The number of ether oxygens (including phenoxy) is 1. The average molecular weight is 547 g/mol. The van der Waals surface area contributed by atoms with E-state index in [4.69, 9.17) is 29.7 Å². The number of H-pyrrole nitrogens is 1. The molecule has 38 heavy (non-hydrogen) atoms. The zero-order valence-electron chi connectivity index (χ0n) is 21.2. The lowest BCUT2D eigenvalue weighted by molar-refractivity contribution is -0.432. The number of aromatic nitrogens is 3. The molecule has 206 valence electrons. The molecule has 0 unspecified atom stereocenters. The number of nitrogens with zero attached hydrogens (tertiary/aromatic N) is 4. The van der Waals surface area contributed by atoms with E-state index in [1.807, 2.05) is 13.1 Å². The molecule has 1 aliphatic rings. The van der Waals surface area contributed by atoms with Gasteiger partial charge in [-0.1, -0.05) is 6.07 Å². The fourth-order valence-electron chi connectivity index (χ4n) is 4.10. The van der Waals surface area contributed by atoms with Crippen molar-refractivity contribution in [3.63, 3.8) is 0 Å². The van der Waals surface area contributed by atoms with Crippen molar-refractivity contribution in [3.8, 4) is 5.75 Å². The summed E-state index contributed by atoms with van der Waals surface area (Å²) in [5, 5.41) is 3.97. The summed E-state index contributed by atoms with van der Waals surface area (Å²) >= 11 is 0. The Kier molecular flexibility index (Phi) is 9.07. The summed E-state index contributed by atoms with van der Waals surface area (Å²) in [6.45, 7) is 3.57. The van der Waals surface area contributed by atoms with Crippen molar-refractivity contribution >= 4 is 42.4 Å². The van der Waals surface area contributed by atoms with Gasteiger partial charge >= 0.3 is 6.09 Å². The summed E-state index contributed by atoms with van der Waals surface area (Å²) in [5.74, 6) is 1.10. The van der Waals surface area contributed by atoms with E-state index < -0.39 is 19.3 Å². The van der Waals surface area contributed by atoms with Crippen LogP contribution in [0.25, 0.3) is 11.0 Å². The van der Waals surface area contributed by atoms with E-state index in [-0.39, 0.29) is 12.5 Å². The van der Waals surface area contributed by atoms with E-state index in [9.17, 15) is 9.59 Å². The number of rotatable bonds is 5. The third kappa shape index (κ3) is 7.27. The number of phosphoric acid groups is 1. The van der Waals surface area contributed by atoms with Crippen LogP contribution in [0.5, 0.6) is 5.75 Å². The first-order valence-electron chi connectivity index (χ1n) is 11.6. The van der Waals surface area contributed by atoms with E-state index in [1.54, 1.807) is 44.7 Å². The molecule has 1 aromatic carbocycles. The molecule has 4 rings (SSSR count). The first-order valence-corrected chi connectivity index (χ1v) is 13.1. The molecule has 0 radical (unpaired) electrons. The molecule has 1 aliphatic heterocycles. The van der Waals surface area contributed by atoms with Crippen LogP contribution in [0, 0.1) is 12.3 Å². The van der Waals surface area contributed by atoms with Gasteiger partial charge in [0.1, 0.15) is 23.5 Å². The first kappa shape index (κ1) is 29.0. The van der Waals surface area contributed by atoms with E-state index in [0.717, 1.165) is 22.4 Å². The molecular formula is C23H29N7O7P-3. The molecular weight excluding hydrogens is 517 g/mol. The second-order valence-electron chi connectivity index (χ2n) is 9.06. The molecule has 14 nitrogen and oxygen atoms in total. The number of aromatic amines is 1. The van der Waals surface area contributed by atoms with Gasteiger partial charge in [-0.3, -0.25) is 4.79 Å². The van der Waals surface area contributed by atoms with Crippen LogP contribution in [0.4, 0.5) is 16.3 Å². The lowest BCUT2D eigenvalue weighted by atomic mass is 9.77. The number of nitrogens with one attached hydrogen (secondary N) is 2. The van der Waals surface area contributed by atoms with Crippen molar-refractivity contribution in [1.82, 2.24) is 19.9 Å². The highest BCUT2D eigenvalue weighted by Crippen LogP contribution is 2.36. The second-order valence-corrected chi connectivity index (χ2v) is 9.95. The van der Waals surface area contributed by atoms with E-state index in [0.29, 0.717) is 37.4 Å². The molecule has 0 atom stereocenters. The number of carbonyl (C=O) groups is 2. The number of aryl methyl sites for hydroxylation is 1. The quantitative estimate of drug-likeness (QED) is 0.353. The number of fused-ring (bicyclic) bond motifs is 1. The van der Waals surface area contributed by atoms with Crippen molar-refractivity contribution in [2.24, 2.45) is 11.1 Å². The third-order valence-corrected chi connectivity index (χ3v) is 6.20. The van der Waals surface area contributed by atoms with Crippen LogP contribution in [0.15, 0.2) is 36.8 Å². The molecule has 15 heteroatoms. The number of carbonyl (C=O) groups excluding carboxylic acids is 2. The summed E-state index contributed by atoms with van der Waals surface area (Å²) in [6, 6.07) is 6.78. The zero-order valence-corrected chi connectivity index (χ0v) is 22.1. The summed E-state index contributed by atoms with van der Waals surface area (Å²) in [7, 11) is -2.18. The smallest absolute Gasteiger partial charge is 0.414 e. The number of hydrogen-bond donors (Lipinski definition) is 3. The highest BCUT2D eigenvalue weighted by molar-refractivity contribution is 7.40. The summed E-state index contributed by atoms with van der Waals surface area (Å²) in [4.78, 5) is 66.2. The predicted molar refractivity (Wildman–Crippen MR) is 134 cm³/mol. The molecule has 0 aliphatic carbocycles. The number of amides is 2. The van der Waals surface area contributed by atoms with Crippen molar-refractivity contribution in [1.29, 1.82) is 0 Å². The SMILES string of the molecule is Cc1c[nH]c2ncnc(N3CCC(CN)(C(=O)Nc4cccc(OC(=O)N(C)C)c4)CC3)c12.O=P([O-])([O-])[O-]. The standard InChI is InChI=1S/C23H29N7O3.H3O4P/c1-15-12-25-19-18(15)20(27-14-26-19)30-9-7-23(13-24,8-10-30)21(31)28-16-5-4-6-17(11-16)33-22(32)29(2)3;1-5(2,3)4/h4-6,11-12,14H,7-10,13,24H2,1-3H3,(H,28,31)(H,25,26,27);(H3,1,2,3,4)/p-3. The van der Waals surface area contributed by atoms with Crippen molar-refractivity contribution in [2.45, 2.75) is 19.8 Å². The molecule has 0 bridgehead atoms. The molecule has 1 fully saturated rings. The van der Waals surface area contributed by atoms with E-state index in [1.165, 1.54) is 4.90 Å². The topological polar surface area (TPSA) is 216 Å². The zero-order chi connectivity index (χ0) is 28.1. The largest absolute Gasteiger partial charge is 0.822 e. The lowest BCUT2D eigenvalue weighted by Gasteiger charge is -2.40. The van der Waals surface area contributed by atoms with Gasteiger partial charge in [-0.25, -0.2) is 14.8 Å². The van der Waals surface area contributed by atoms with Gasteiger partial charge in [0.05, 0.1) is 10.8 Å². The van der Waals surface area contributed by atoms with Gasteiger partial charge in [0, 0.05) is 51.7 Å². The van der Waals surface area contributed by atoms with Gasteiger partial charge in [0.15, 0.2) is 0 Å². The van der Waals surface area contributed by atoms with Crippen LogP contribution in [-0.4, -0.2) is 65.6 Å². The van der Waals surface area contributed by atoms with Gasteiger partial charge in [-0.2, -0.15) is 7.82 Å². The van der Waals surface area contributed by atoms with Gasteiger partial charge in [0.2, 0.25) is 5.91 Å². The van der Waals surface area contributed by atoms with Crippen LogP contribution in [0.1, 0.15) is 18.4 Å². The van der Waals surface area contributed by atoms with E-state index >= 15 is 0 Å². The minimum atomic E-state index is -5.39. The number of nitrogens with two attached hydrogens (primary N) is 1. The van der Waals surface area contributed by atoms with Crippen LogP contribution in [0.3, 0.4) is 0 Å². The van der Waals surface area contributed by atoms with Gasteiger partial charge in [0.25, 0.3) is 0 Å². The Labute approximate surface area is 219 Å². The number of anilines is 2. The molecule has 2 aromatic heterocycles. The number of benzene rings is 1. The highest BCUT2D eigenvalue weighted by atomic mass is 31.2. The highest BCUT2D eigenvalue weighted by Gasteiger charge is 2.41. The van der Waals surface area contributed by atoms with Crippen molar-refractivity contribution < 1.29 is 33.6 Å². The maximum atomic E-state index is 13.3. The summed E-state index contributed by atoms with van der Waals surface area (Å²) < 4.78 is 13.8. The average Bonchev–Trinajstić information content (AvgIpc) is 3.24. The fraction of sp³-hybridized carbons (Fsp3) is 0.391. The normalized spacial score (nSPS) is 14.9. The number of hydrogen-bond acceptors (Lipinski definition) is 11. The Morgan fingerprint density at radius 3 is 2.50 bits per heavy atom. The van der Waals surface area contributed by atoms with E-state index in [2.05, 4.69) is 25.2 Å². The van der Waals surface area contributed by atoms with Crippen LogP contribution in [0.2, 0.25) is 0 Å². The molecule has 3 heterocycles. The Bertz CT molecular complexity index is 1320. The van der Waals surface area contributed by atoms with Gasteiger partial charge < -0.3 is 49.8 Å². The van der Waals surface area contributed by atoms with Crippen LogP contribution in [-0.2, 0) is 9.36 Å². The first-order chi connectivity index (χ1) is 17.8. The maximum absolute atomic E-state index is 13.3. The minimum Gasteiger partial charge on any atom is -0.822 e. The minimum absolute atomic E-state index is 0.133. The molecule has 3 aromatic rings. The molecule has 0 saturated carbocycles. The van der Waals surface area contributed by atoms with Crippen LogP contribution >= 0.6 is 7.82 Å². The number of piperidine rings is 1. The predicted octanol–water partition coefficient (Wildman–Crippen LogP) is -0.314. The van der Waals surface area contributed by atoms with Gasteiger partial charge in [-0.15, -0.1) is 0 Å². The fourth-order valence-corrected chi connectivity index (χ4v) is 4.10. The van der Waals surface area contributed by atoms with Crippen molar-refractivity contribution in [3.05, 3.63) is 42.4 Å². The molecule has 1 saturated heterocycles. The second kappa shape index (κ2) is 11.9. The Morgan fingerprint density at radius 1 is 1.24 bits per heavy atom. The Hall–Kier alpha value is -3.55. The molecule has 2 amide bonds. The van der Waals surface area contributed by atoms with Crippen molar-refractivity contribution in [2.75, 3.05) is 43.9 Å². The Morgan fingerprint density at radius 2 is 1.89 bits per heavy atom. The Balaban J connectivity index is 0.000000732. The summed E-state index contributed by atoms with van der Waals surface area (Å²) in [6.07, 6.45) is 4.19. The van der Waals surface area contributed by atoms with Crippen LogP contribution < -0.4 is 35.4 Å². The van der Waals surface area contributed by atoms with Gasteiger partial charge in [-0.05, 0) is 37.5 Å². The lowest BCUT2D eigenvalue weighted by Crippen LogP contribution is -2.50. The third-order valence-electron chi connectivity index (χ3n) is 6.20. The molecule has 0 spiro atoms.